The molecule has 1 saturated heterocycles. The number of aromatic nitrogens is 3. The third-order valence-electron chi connectivity index (χ3n) is 3.05. The summed E-state index contributed by atoms with van der Waals surface area (Å²) in [6, 6.07) is 3.81. The van der Waals surface area contributed by atoms with Gasteiger partial charge in [0.2, 0.25) is 0 Å². The lowest BCUT2D eigenvalue weighted by atomic mass is 10.3. The Labute approximate surface area is 99.1 Å². The number of ether oxygens (including phenoxy) is 1. The Hall–Kier alpha value is -1.46. The third-order valence-corrected chi connectivity index (χ3v) is 3.05. The van der Waals surface area contributed by atoms with E-state index in [1.165, 1.54) is 0 Å². The quantitative estimate of drug-likeness (QED) is 0.867. The van der Waals surface area contributed by atoms with E-state index in [2.05, 4.69) is 9.97 Å². The van der Waals surface area contributed by atoms with Crippen LogP contribution in [0, 0.1) is 0 Å². The number of fused-ring (bicyclic) bond motifs is 1. The predicted molar refractivity (Wildman–Crippen MR) is 62.5 cm³/mol. The van der Waals surface area contributed by atoms with Gasteiger partial charge in [0.05, 0.1) is 6.61 Å². The molecule has 1 fully saturated rings. The smallest absolute Gasteiger partial charge is 0.162 e. The molecule has 3 heterocycles. The first-order valence-corrected chi connectivity index (χ1v) is 5.94. The fourth-order valence-electron chi connectivity index (χ4n) is 2.32. The van der Waals surface area contributed by atoms with Gasteiger partial charge in [-0.1, -0.05) is 0 Å². The van der Waals surface area contributed by atoms with Gasteiger partial charge in [-0.05, 0) is 25.0 Å². The van der Waals surface area contributed by atoms with Crippen LogP contribution in [0.15, 0.2) is 18.3 Å². The molecular weight excluding hydrogens is 218 g/mol. The van der Waals surface area contributed by atoms with Crippen molar-refractivity contribution in [3.05, 3.63) is 24.2 Å². The average Bonchev–Trinajstić information content (AvgIpc) is 2.94. The molecule has 2 aromatic heterocycles. The van der Waals surface area contributed by atoms with Crippen LogP contribution in [0.1, 0.15) is 24.9 Å². The fourth-order valence-corrected chi connectivity index (χ4v) is 2.32. The van der Waals surface area contributed by atoms with Crippen molar-refractivity contribution in [2.45, 2.75) is 25.5 Å². The standard InChI is InChI=1S/C12H15N3O2/c16-7-5-10-14-9-3-1-6-13-12(9)15(10)11-4-2-8-17-11/h1,3,6,11,16H,2,4-5,7-8H2. The minimum Gasteiger partial charge on any atom is -0.396 e. The van der Waals surface area contributed by atoms with Crippen molar-refractivity contribution in [3.8, 4) is 0 Å². The number of nitrogens with zero attached hydrogens (tertiary/aromatic N) is 3. The van der Waals surface area contributed by atoms with E-state index in [0.29, 0.717) is 6.42 Å². The number of aliphatic hydroxyl groups excluding tert-OH is 1. The van der Waals surface area contributed by atoms with E-state index in [4.69, 9.17) is 9.84 Å². The number of aliphatic hydroxyl groups is 1. The average molecular weight is 233 g/mol. The zero-order valence-corrected chi connectivity index (χ0v) is 9.54. The number of rotatable bonds is 3. The van der Waals surface area contributed by atoms with Crippen molar-refractivity contribution in [2.24, 2.45) is 0 Å². The summed E-state index contributed by atoms with van der Waals surface area (Å²) < 4.78 is 7.72. The van der Waals surface area contributed by atoms with Crippen molar-refractivity contribution in [1.29, 1.82) is 0 Å². The van der Waals surface area contributed by atoms with Gasteiger partial charge in [-0.3, -0.25) is 4.57 Å². The molecule has 1 aliphatic heterocycles. The summed E-state index contributed by atoms with van der Waals surface area (Å²) in [5.41, 5.74) is 1.72. The van der Waals surface area contributed by atoms with E-state index < -0.39 is 0 Å². The topological polar surface area (TPSA) is 60.2 Å². The van der Waals surface area contributed by atoms with Crippen LogP contribution in [0.2, 0.25) is 0 Å². The highest BCUT2D eigenvalue weighted by atomic mass is 16.5. The van der Waals surface area contributed by atoms with Crippen molar-refractivity contribution in [2.75, 3.05) is 13.2 Å². The summed E-state index contributed by atoms with van der Waals surface area (Å²) in [6.07, 6.45) is 4.38. The van der Waals surface area contributed by atoms with Crippen LogP contribution in [0.4, 0.5) is 0 Å². The van der Waals surface area contributed by atoms with Crippen molar-refractivity contribution in [3.63, 3.8) is 0 Å². The van der Waals surface area contributed by atoms with Crippen LogP contribution >= 0.6 is 0 Å². The van der Waals surface area contributed by atoms with Gasteiger partial charge < -0.3 is 9.84 Å². The highest BCUT2D eigenvalue weighted by Gasteiger charge is 2.23. The molecule has 17 heavy (non-hydrogen) atoms. The van der Waals surface area contributed by atoms with E-state index in [-0.39, 0.29) is 12.8 Å². The molecule has 1 unspecified atom stereocenters. The predicted octanol–water partition coefficient (Wildman–Crippen LogP) is 1.28. The minimum absolute atomic E-state index is 0.0245. The molecule has 5 heteroatoms. The van der Waals surface area contributed by atoms with E-state index in [9.17, 15) is 0 Å². The third kappa shape index (κ3) is 1.81. The van der Waals surface area contributed by atoms with E-state index in [1.807, 2.05) is 16.7 Å². The fraction of sp³-hybridized carbons (Fsp3) is 0.500. The first-order chi connectivity index (χ1) is 8.40. The molecule has 0 aliphatic carbocycles. The zero-order valence-electron chi connectivity index (χ0n) is 9.54. The van der Waals surface area contributed by atoms with Crippen LogP contribution < -0.4 is 0 Å². The highest BCUT2D eigenvalue weighted by molar-refractivity contribution is 5.71. The molecule has 1 aliphatic rings. The SMILES string of the molecule is OCCc1nc2cccnc2n1C1CCCO1. The second-order valence-corrected chi connectivity index (χ2v) is 4.19. The first-order valence-electron chi connectivity index (χ1n) is 5.94. The van der Waals surface area contributed by atoms with Crippen LogP contribution in [0.25, 0.3) is 11.2 Å². The van der Waals surface area contributed by atoms with Gasteiger partial charge in [-0.15, -0.1) is 0 Å². The maximum absolute atomic E-state index is 9.10. The Bertz CT molecular complexity index is 517. The summed E-state index contributed by atoms with van der Waals surface area (Å²) in [4.78, 5) is 8.87. The molecule has 0 spiro atoms. The van der Waals surface area contributed by atoms with Crippen LogP contribution in [0.3, 0.4) is 0 Å². The van der Waals surface area contributed by atoms with E-state index in [1.54, 1.807) is 6.20 Å². The van der Waals surface area contributed by atoms with Gasteiger partial charge in [0.1, 0.15) is 17.6 Å². The summed E-state index contributed by atoms with van der Waals surface area (Å²) in [5, 5.41) is 9.10. The summed E-state index contributed by atoms with van der Waals surface area (Å²) in [7, 11) is 0. The Morgan fingerprint density at radius 3 is 3.24 bits per heavy atom. The second kappa shape index (κ2) is 4.43. The van der Waals surface area contributed by atoms with E-state index in [0.717, 1.165) is 36.4 Å². The van der Waals surface area contributed by atoms with E-state index >= 15 is 0 Å². The van der Waals surface area contributed by atoms with Gasteiger partial charge in [0, 0.05) is 19.2 Å². The van der Waals surface area contributed by atoms with Crippen LogP contribution in [0.5, 0.6) is 0 Å². The van der Waals surface area contributed by atoms with Crippen LogP contribution in [-0.4, -0.2) is 32.9 Å². The van der Waals surface area contributed by atoms with Gasteiger partial charge in [-0.2, -0.15) is 0 Å². The molecule has 5 nitrogen and oxygen atoms in total. The lowest BCUT2D eigenvalue weighted by Gasteiger charge is -2.14. The number of pyridine rings is 1. The number of hydrogen-bond acceptors (Lipinski definition) is 4. The molecule has 0 saturated carbocycles. The molecule has 0 aromatic carbocycles. The molecular formula is C12H15N3O2. The molecule has 1 N–H and O–H groups in total. The Morgan fingerprint density at radius 1 is 1.53 bits per heavy atom. The molecule has 90 valence electrons. The first kappa shape index (κ1) is 10.7. The summed E-state index contributed by atoms with van der Waals surface area (Å²) >= 11 is 0. The second-order valence-electron chi connectivity index (χ2n) is 4.19. The number of imidazole rings is 1. The monoisotopic (exact) mass is 233 g/mol. The number of hydrogen-bond donors (Lipinski definition) is 1. The van der Waals surface area contributed by atoms with Gasteiger partial charge in [0.15, 0.2) is 5.65 Å². The lowest BCUT2D eigenvalue weighted by Crippen LogP contribution is -2.12. The zero-order chi connectivity index (χ0) is 11.7. The Balaban J connectivity index is 2.13. The van der Waals surface area contributed by atoms with Crippen molar-refractivity contribution in [1.82, 2.24) is 14.5 Å². The molecule has 0 amide bonds. The maximum Gasteiger partial charge on any atom is 0.162 e. The maximum atomic E-state index is 9.10. The molecule has 0 bridgehead atoms. The highest BCUT2D eigenvalue weighted by Crippen LogP contribution is 2.28. The Morgan fingerprint density at radius 2 is 2.47 bits per heavy atom. The largest absolute Gasteiger partial charge is 0.396 e. The van der Waals surface area contributed by atoms with Gasteiger partial charge in [0.25, 0.3) is 0 Å². The van der Waals surface area contributed by atoms with Crippen molar-refractivity contribution < 1.29 is 9.84 Å². The normalized spacial score (nSPS) is 20.2. The van der Waals surface area contributed by atoms with Crippen LogP contribution in [-0.2, 0) is 11.2 Å². The van der Waals surface area contributed by atoms with Gasteiger partial charge in [-0.25, -0.2) is 9.97 Å². The molecule has 1 atom stereocenters. The minimum atomic E-state index is 0.0245. The summed E-state index contributed by atoms with van der Waals surface area (Å²) in [5.74, 6) is 0.855. The molecule has 3 rings (SSSR count). The lowest BCUT2D eigenvalue weighted by molar-refractivity contribution is 0.0566. The Kier molecular flexibility index (Phi) is 2.78. The van der Waals surface area contributed by atoms with Gasteiger partial charge >= 0.3 is 0 Å². The molecule has 2 aromatic rings. The summed E-state index contributed by atoms with van der Waals surface area (Å²) in [6.45, 7) is 0.881. The molecule has 0 radical (unpaired) electrons. The van der Waals surface area contributed by atoms with Crippen molar-refractivity contribution >= 4 is 11.2 Å².